The molecule has 0 unspecified atom stereocenters. The summed E-state index contributed by atoms with van der Waals surface area (Å²) in [7, 11) is 0. The monoisotopic (exact) mass is 318 g/mol. The van der Waals surface area contributed by atoms with E-state index < -0.39 is 0 Å². The smallest absolute Gasteiger partial charge is 0.126 e. The molecule has 0 aromatic heterocycles. The molecule has 0 atom stereocenters. The van der Waals surface area contributed by atoms with E-state index in [4.69, 9.17) is 16.3 Å². The van der Waals surface area contributed by atoms with E-state index in [-0.39, 0.29) is 0 Å². The number of hydrogen-bond acceptors (Lipinski definition) is 1. The van der Waals surface area contributed by atoms with E-state index in [1.807, 2.05) is 6.07 Å². The Kier molecular flexibility index (Phi) is 6.35. The quantitative estimate of drug-likeness (QED) is 0.645. The average Bonchev–Trinajstić information content (AvgIpc) is 2.31. The Morgan fingerprint density at radius 3 is 2.47 bits per heavy atom. The van der Waals surface area contributed by atoms with Crippen LogP contribution in [-0.4, -0.2) is 6.61 Å². The second-order valence-electron chi connectivity index (χ2n) is 4.34. The van der Waals surface area contributed by atoms with Gasteiger partial charge in [-0.2, -0.15) is 0 Å². The van der Waals surface area contributed by atoms with Gasteiger partial charge in [0.1, 0.15) is 5.75 Å². The highest BCUT2D eigenvalue weighted by molar-refractivity contribution is 9.10. The summed E-state index contributed by atoms with van der Waals surface area (Å²) in [6, 6.07) is 4.10. The lowest BCUT2D eigenvalue weighted by atomic mass is 10.1. The van der Waals surface area contributed by atoms with Gasteiger partial charge in [0, 0.05) is 10.0 Å². The predicted octanol–water partition coefficient (Wildman–Crippen LogP) is 5.31. The first-order valence-corrected chi connectivity index (χ1v) is 7.42. The Morgan fingerprint density at radius 1 is 1.29 bits per heavy atom. The molecule has 0 aliphatic heterocycles. The van der Waals surface area contributed by atoms with Gasteiger partial charge in [0.15, 0.2) is 0 Å². The van der Waals surface area contributed by atoms with Gasteiger partial charge in [-0.3, -0.25) is 0 Å². The first-order valence-electron chi connectivity index (χ1n) is 6.10. The fourth-order valence-electron chi connectivity index (χ4n) is 1.83. The third kappa shape index (κ3) is 4.18. The Bertz CT molecular complexity index is 361. The van der Waals surface area contributed by atoms with Crippen molar-refractivity contribution in [2.75, 3.05) is 6.61 Å². The van der Waals surface area contributed by atoms with Crippen LogP contribution >= 0.6 is 27.5 Å². The molecule has 0 amide bonds. The minimum absolute atomic E-state index is 0.485. The van der Waals surface area contributed by atoms with E-state index in [1.165, 1.54) is 0 Å². The summed E-state index contributed by atoms with van der Waals surface area (Å²) < 4.78 is 7.01. The van der Waals surface area contributed by atoms with E-state index in [1.54, 1.807) is 0 Å². The Labute approximate surface area is 118 Å². The summed E-state index contributed by atoms with van der Waals surface area (Å²) >= 11 is 9.44. The molecule has 1 aromatic rings. The number of ether oxygens (including phenoxy) is 1. The molecule has 0 fully saturated rings. The first-order chi connectivity index (χ1) is 8.12. The number of halogens is 2. The maximum Gasteiger partial charge on any atom is 0.126 e. The van der Waals surface area contributed by atoms with Crippen molar-refractivity contribution in [3.8, 4) is 5.75 Å². The lowest BCUT2D eigenvalue weighted by Crippen LogP contribution is -2.11. The molecule has 1 aromatic carbocycles. The topological polar surface area (TPSA) is 9.23 Å². The zero-order chi connectivity index (χ0) is 12.8. The molecule has 0 N–H and O–H groups in total. The second-order valence-corrected chi connectivity index (χ2v) is 5.52. The molecular formula is C14H20BrClO. The third-order valence-electron chi connectivity index (χ3n) is 3.08. The molecule has 0 aliphatic carbocycles. The van der Waals surface area contributed by atoms with E-state index in [9.17, 15) is 0 Å². The summed E-state index contributed by atoms with van der Waals surface area (Å²) in [6.07, 6.45) is 2.31. The number of hydrogen-bond donors (Lipinski definition) is 0. The van der Waals surface area contributed by atoms with Gasteiger partial charge in [-0.05, 0) is 30.5 Å². The second kappa shape index (κ2) is 7.27. The van der Waals surface area contributed by atoms with Gasteiger partial charge in [-0.15, -0.1) is 11.6 Å². The summed E-state index contributed by atoms with van der Waals surface area (Å²) in [5.74, 6) is 2.06. The van der Waals surface area contributed by atoms with Gasteiger partial charge < -0.3 is 4.74 Å². The highest BCUT2D eigenvalue weighted by Gasteiger charge is 2.11. The van der Waals surface area contributed by atoms with Crippen LogP contribution in [0.5, 0.6) is 5.75 Å². The van der Waals surface area contributed by atoms with E-state index in [0.29, 0.717) is 11.8 Å². The van der Waals surface area contributed by atoms with Crippen LogP contribution in [0.1, 0.15) is 37.8 Å². The predicted molar refractivity (Wildman–Crippen MR) is 78.0 cm³/mol. The fraction of sp³-hybridized carbons (Fsp3) is 0.571. The van der Waals surface area contributed by atoms with Crippen LogP contribution in [0.3, 0.4) is 0 Å². The van der Waals surface area contributed by atoms with Crippen LogP contribution in [0.15, 0.2) is 16.6 Å². The number of alkyl halides is 1. The Morgan fingerprint density at radius 2 is 1.94 bits per heavy atom. The van der Waals surface area contributed by atoms with Crippen LogP contribution in [0, 0.1) is 12.8 Å². The van der Waals surface area contributed by atoms with Crippen molar-refractivity contribution in [2.45, 2.75) is 39.5 Å². The fourth-order valence-corrected chi connectivity index (χ4v) is 2.65. The lowest BCUT2D eigenvalue weighted by Gasteiger charge is -2.17. The van der Waals surface area contributed by atoms with Crippen molar-refractivity contribution in [3.05, 3.63) is 27.7 Å². The molecule has 0 aliphatic rings. The molecule has 1 nitrogen and oxygen atoms in total. The molecule has 1 rings (SSSR count). The van der Waals surface area contributed by atoms with Crippen molar-refractivity contribution in [1.82, 2.24) is 0 Å². The minimum Gasteiger partial charge on any atom is -0.493 e. The maximum absolute atomic E-state index is 5.96. The van der Waals surface area contributed by atoms with E-state index >= 15 is 0 Å². The van der Waals surface area contributed by atoms with Crippen LogP contribution in [0.4, 0.5) is 0 Å². The van der Waals surface area contributed by atoms with E-state index in [2.05, 4.69) is 42.8 Å². The molecule has 96 valence electrons. The van der Waals surface area contributed by atoms with Gasteiger partial charge in [0.2, 0.25) is 0 Å². The molecule has 0 spiro atoms. The van der Waals surface area contributed by atoms with Crippen LogP contribution in [0.2, 0.25) is 0 Å². The zero-order valence-corrected chi connectivity index (χ0v) is 13.1. The van der Waals surface area contributed by atoms with Gasteiger partial charge in [0.05, 0.1) is 12.5 Å². The molecule has 17 heavy (non-hydrogen) atoms. The van der Waals surface area contributed by atoms with Crippen LogP contribution in [-0.2, 0) is 5.88 Å². The number of rotatable bonds is 6. The number of benzene rings is 1. The number of aryl methyl sites for hydroxylation is 1. The highest BCUT2D eigenvalue weighted by Crippen LogP contribution is 2.30. The first kappa shape index (κ1) is 14.8. The molecular weight excluding hydrogens is 300 g/mol. The largest absolute Gasteiger partial charge is 0.493 e. The zero-order valence-electron chi connectivity index (χ0n) is 10.7. The van der Waals surface area contributed by atoms with Gasteiger partial charge >= 0.3 is 0 Å². The SMILES string of the molecule is CCC(CC)COc1c(C)cc(Br)cc1CCl. The average molecular weight is 320 g/mol. The molecule has 0 saturated carbocycles. The summed E-state index contributed by atoms with van der Waals surface area (Å²) in [5, 5.41) is 0. The van der Waals surface area contributed by atoms with E-state index in [0.717, 1.165) is 40.8 Å². The van der Waals surface area contributed by atoms with Gasteiger partial charge in [-0.1, -0.05) is 42.6 Å². The Hall–Kier alpha value is -0.210. The normalized spacial score (nSPS) is 10.9. The van der Waals surface area contributed by atoms with Crippen molar-refractivity contribution < 1.29 is 4.74 Å². The van der Waals surface area contributed by atoms with Crippen molar-refractivity contribution in [1.29, 1.82) is 0 Å². The summed E-state index contributed by atoms with van der Waals surface area (Å²) in [4.78, 5) is 0. The van der Waals surface area contributed by atoms with Gasteiger partial charge in [-0.25, -0.2) is 0 Å². The lowest BCUT2D eigenvalue weighted by molar-refractivity contribution is 0.238. The molecule has 0 radical (unpaired) electrons. The highest BCUT2D eigenvalue weighted by atomic mass is 79.9. The van der Waals surface area contributed by atoms with Crippen molar-refractivity contribution >= 4 is 27.5 Å². The standard InChI is InChI=1S/C14H20BrClO/c1-4-11(5-2)9-17-14-10(3)6-13(15)7-12(14)8-16/h6-7,11H,4-5,8-9H2,1-3H3. The van der Waals surface area contributed by atoms with Crippen LogP contribution in [0.25, 0.3) is 0 Å². The molecule has 3 heteroatoms. The van der Waals surface area contributed by atoms with Gasteiger partial charge in [0.25, 0.3) is 0 Å². The maximum atomic E-state index is 5.96. The van der Waals surface area contributed by atoms with Crippen LogP contribution < -0.4 is 4.74 Å². The molecule has 0 saturated heterocycles. The van der Waals surface area contributed by atoms with Crippen molar-refractivity contribution in [3.63, 3.8) is 0 Å². The summed E-state index contributed by atoms with van der Waals surface area (Å²) in [5.41, 5.74) is 2.20. The minimum atomic E-state index is 0.485. The Balaban J connectivity index is 2.82. The summed E-state index contributed by atoms with van der Waals surface area (Å²) in [6.45, 7) is 7.24. The third-order valence-corrected chi connectivity index (χ3v) is 3.82. The van der Waals surface area contributed by atoms with Crippen molar-refractivity contribution in [2.24, 2.45) is 5.92 Å². The molecule has 0 bridgehead atoms. The molecule has 0 heterocycles.